The minimum atomic E-state index is -0.836. The SMILES string of the molecule is Cc1nn(-c2ccccc2)cc1C(=O)N1CCC[C@@H](C(=O)O)[C@H]1C. The maximum Gasteiger partial charge on any atom is 0.308 e. The number of aryl methyl sites for hydroxylation is 1. The highest BCUT2D eigenvalue weighted by atomic mass is 16.4. The van der Waals surface area contributed by atoms with Gasteiger partial charge in [-0.1, -0.05) is 18.2 Å². The van der Waals surface area contributed by atoms with Crippen LogP contribution in [0.2, 0.25) is 0 Å². The molecule has 1 aliphatic heterocycles. The van der Waals surface area contributed by atoms with Crippen LogP contribution in [0.15, 0.2) is 36.5 Å². The van der Waals surface area contributed by atoms with Crippen LogP contribution < -0.4 is 0 Å². The van der Waals surface area contributed by atoms with Crippen molar-refractivity contribution in [2.75, 3.05) is 6.54 Å². The molecule has 1 aromatic carbocycles. The molecular weight excluding hydrogens is 306 g/mol. The third-order valence-electron chi connectivity index (χ3n) is 4.72. The molecule has 1 aliphatic rings. The van der Waals surface area contributed by atoms with Crippen molar-refractivity contribution in [1.82, 2.24) is 14.7 Å². The van der Waals surface area contributed by atoms with Gasteiger partial charge in [-0.2, -0.15) is 5.10 Å². The molecule has 0 spiro atoms. The van der Waals surface area contributed by atoms with Gasteiger partial charge in [0.2, 0.25) is 0 Å². The molecule has 6 heteroatoms. The second-order valence-corrected chi connectivity index (χ2v) is 6.23. The average Bonchev–Trinajstić information content (AvgIpc) is 2.97. The quantitative estimate of drug-likeness (QED) is 0.940. The first-order valence-electron chi connectivity index (χ1n) is 8.14. The van der Waals surface area contributed by atoms with E-state index in [0.717, 1.165) is 5.69 Å². The van der Waals surface area contributed by atoms with E-state index in [0.29, 0.717) is 30.6 Å². The molecule has 0 bridgehead atoms. The largest absolute Gasteiger partial charge is 0.481 e. The Balaban J connectivity index is 1.88. The molecule has 1 saturated heterocycles. The van der Waals surface area contributed by atoms with Gasteiger partial charge in [0.05, 0.1) is 22.9 Å². The number of amides is 1. The molecule has 1 aromatic heterocycles. The van der Waals surface area contributed by atoms with Gasteiger partial charge in [0, 0.05) is 18.8 Å². The van der Waals surface area contributed by atoms with Crippen molar-refractivity contribution in [2.45, 2.75) is 32.7 Å². The predicted octanol–water partition coefficient (Wildman–Crippen LogP) is 2.51. The van der Waals surface area contributed by atoms with Gasteiger partial charge in [-0.15, -0.1) is 0 Å². The number of piperidine rings is 1. The molecule has 3 rings (SSSR count). The van der Waals surface area contributed by atoms with E-state index >= 15 is 0 Å². The highest BCUT2D eigenvalue weighted by Crippen LogP contribution is 2.26. The van der Waals surface area contributed by atoms with Gasteiger partial charge in [0.15, 0.2) is 0 Å². The van der Waals surface area contributed by atoms with Gasteiger partial charge < -0.3 is 10.0 Å². The van der Waals surface area contributed by atoms with Crippen LogP contribution in [0.5, 0.6) is 0 Å². The van der Waals surface area contributed by atoms with Crippen molar-refractivity contribution in [1.29, 1.82) is 0 Å². The number of carboxylic acids is 1. The maximum atomic E-state index is 12.9. The Morgan fingerprint density at radius 3 is 2.62 bits per heavy atom. The number of carbonyl (C=O) groups excluding carboxylic acids is 1. The summed E-state index contributed by atoms with van der Waals surface area (Å²) in [5.41, 5.74) is 2.06. The summed E-state index contributed by atoms with van der Waals surface area (Å²) in [6.07, 6.45) is 3.05. The van der Waals surface area contributed by atoms with Crippen molar-refractivity contribution in [2.24, 2.45) is 5.92 Å². The number of para-hydroxylation sites is 1. The molecule has 6 nitrogen and oxygen atoms in total. The highest BCUT2D eigenvalue weighted by Gasteiger charge is 2.36. The van der Waals surface area contributed by atoms with Gasteiger partial charge in [-0.3, -0.25) is 9.59 Å². The summed E-state index contributed by atoms with van der Waals surface area (Å²) in [6.45, 7) is 4.20. The molecular formula is C18H21N3O3. The molecule has 0 aliphatic carbocycles. The predicted molar refractivity (Wildman–Crippen MR) is 89.2 cm³/mol. The summed E-state index contributed by atoms with van der Waals surface area (Å²) in [7, 11) is 0. The van der Waals surface area contributed by atoms with E-state index < -0.39 is 11.9 Å². The van der Waals surface area contributed by atoms with Crippen LogP contribution in [-0.4, -0.2) is 44.3 Å². The van der Waals surface area contributed by atoms with Gasteiger partial charge in [-0.25, -0.2) is 4.68 Å². The number of aliphatic carboxylic acids is 1. The van der Waals surface area contributed by atoms with Crippen LogP contribution in [0.3, 0.4) is 0 Å². The van der Waals surface area contributed by atoms with E-state index in [4.69, 9.17) is 0 Å². The zero-order valence-corrected chi connectivity index (χ0v) is 13.8. The van der Waals surface area contributed by atoms with E-state index in [1.807, 2.05) is 37.3 Å². The second-order valence-electron chi connectivity index (χ2n) is 6.23. The van der Waals surface area contributed by atoms with Crippen molar-refractivity contribution in [3.05, 3.63) is 47.8 Å². The molecule has 0 radical (unpaired) electrons. The van der Waals surface area contributed by atoms with Crippen LogP contribution in [-0.2, 0) is 4.79 Å². The van der Waals surface area contributed by atoms with Crippen LogP contribution in [0.4, 0.5) is 0 Å². The number of hydrogen-bond acceptors (Lipinski definition) is 3. The molecule has 0 saturated carbocycles. The van der Waals surface area contributed by atoms with Gasteiger partial charge in [0.25, 0.3) is 5.91 Å². The monoisotopic (exact) mass is 327 g/mol. The number of likely N-dealkylation sites (tertiary alicyclic amines) is 1. The van der Waals surface area contributed by atoms with Gasteiger partial charge >= 0.3 is 5.97 Å². The third kappa shape index (κ3) is 2.91. The third-order valence-corrected chi connectivity index (χ3v) is 4.72. The molecule has 24 heavy (non-hydrogen) atoms. The molecule has 126 valence electrons. The standard InChI is InChI=1S/C18H21N3O3/c1-12-16(11-21(19-12)14-7-4-3-5-8-14)17(22)20-10-6-9-15(13(20)2)18(23)24/h3-5,7-8,11,13,15H,6,9-10H2,1-2H3,(H,23,24)/t13-,15-/m1/s1. The van der Waals surface area contributed by atoms with E-state index in [9.17, 15) is 14.7 Å². The number of benzene rings is 1. The fraction of sp³-hybridized carbons (Fsp3) is 0.389. The molecule has 0 unspecified atom stereocenters. The highest BCUT2D eigenvalue weighted by molar-refractivity contribution is 5.95. The first-order chi connectivity index (χ1) is 11.5. The lowest BCUT2D eigenvalue weighted by molar-refractivity contribution is -0.144. The lowest BCUT2D eigenvalue weighted by Crippen LogP contribution is -2.49. The van der Waals surface area contributed by atoms with E-state index in [1.54, 1.807) is 22.7 Å². The Bertz CT molecular complexity index is 754. The van der Waals surface area contributed by atoms with Crippen molar-refractivity contribution >= 4 is 11.9 Å². The van der Waals surface area contributed by atoms with Crippen LogP contribution >= 0.6 is 0 Å². The molecule has 2 atom stereocenters. The Hall–Kier alpha value is -2.63. The fourth-order valence-corrected chi connectivity index (χ4v) is 3.30. The summed E-state index contributed by atoms with van der Waals surface area (Å²) in [6, 6.07) is 9.28. The lowest BCUT2D eigenvalue weighted by Gasteiger charge is -2.37. The zero-order valence-electron chi connectivity index (χ0n) is 13.8. The van der Waals surface area contributed by atoms with Crippen molar-refractivity contribution in [3.63, 3.8) is 0 Å². The fourth-order valence-electron chi connectivity index (χ4n) is 3.30. The van der Waals surface area contributed by atoms with Crippen LogP contribution in [0.25, 0.3) is 5.69 Å². The maximum absolute atomic E-state index is 12.9. The minimum Gasteiger partial charge on any atom is -0.481 e. The summed E-state index contributed by atoms with van der Waals surface area (Å²) in [5, 5.41) is 13.8. The number of carboxylic acid groups (broad SMARTS) is 1. The summed E-state index contributed by atoms with van der Waals surface area (Å²) >= 11 is 0. The average molecular weight is 327 g/mol. The molecule has 1 amide bonds. The zero-order chi connectivity index (χ0) is 17.3. The van der Waals surface area contributed by atoms with Gasteiger partial charge in [-0.05, 0) is 38.8 Å². The van der Waals surface area contributed by atoms with Crippen LogP contribution in [0, 0.1) is 12.8 Å². The minimum absolute atomic E-state index is 0.145. The van der Waals surface area contributed by atoms with Crippen molar-refractivity contribution < 1.29 is 14.7 Å². The summed E-state index contributed by atoms with van der Waals surface area (Å²) in [4.78, 5) is 26.0. The topological polar surface area (TPSA) is 75.4 Å². The number of rotatable bonds is 3. The Kier molecular flexibility index (Phi) is 4.38. The van der Waals surface area contributed by atoms with E-state index in [1.165, 1.54) is 0 Å². The Labute approximate surface area is 140 Å². The molecule has 2 aromatic rings. The van der Waals surface area contributed by atoms with E-state index in [-0.39, 0.29) is 11.9 Å². The molecule has 1 N–H and O–H groups in total. The summed E-state index contributed by atoms with van der Waals surface area (Å²) < 4.78 is 1.69. The molecule has 2 heterocycles. The number of aromatic nitrogens is 2. The second kappa shape index (κ2) is 6.47. The lowest BCUT2D eigenvalue weighted by atomic mass is 9.90. The normalized spacial score (nSPS) is 20.8. The summed E-state index contributed by atoms with van der Waals surface area (Å²) in [5.74, 6) is -1.49. The smallest absolute Gasteiger partial charge is 0.308 e. The Morgan fingerprint density at radius 2 is 1.96 bits per heavy atom. The van der Waals surface area contributed by atoms with Crippen molar-refractivity contribution in [3.8, 4) is 5.69 Å². The van der Waals surface area contributed by atoms with Crippen LogP contribution in [0.1, 0.15) is 35.8 Å². The number of nitrogens with zero attached hydrogens (tertiary/aromatic N) is 3. The first-order valence-corrected chi connectivity index (χ1v) is 8.14. The number of hydrogen-bond donors (Lipinski definition) is 1. The number of carbonyl (C=O) groups is 2. The van der Waals surface area contributed by atoms with Gasteiger partial charge in [0.1, 0.15) is 0 Å². The Morgan fingerprint density at radius 1 is 1.25 bits per heavy atom. The van der Waals surface area contributed by atoms with E-state index in [2.05, 4.69) is 5.10 Å². The molecule has 1 fully saturated rings. The first kappa shape index (κ1) is 16.2.